The van der Waals surface area contributed by atoms with E-state index in [1.807, 2.05) is 0 Å². The highest BCUT2D eigenvalue weighted by atomic mass is 16.3. The average Bonchev–Trinajstić information content (AvgIpc) is 2.37. The third-order valence-electron chi connectivity index (χ3n) is 3.87. The van der Waals surface area contributed by atoms with Gasteiger partial charge in [-0.05, 0) is 73.0 Å². The Morgan fingerprint density at radius 1 is 1.00 bits per heavy atom. The lowest BCUT2D eigenvalue weighted by Crippen LogP contribution is -2.48. The van der Waals surface area contributed by atoms with Crippen LogP contribution in [0, 0.1) is 0 Å². The van der Waals surface area contributed by atoms with Gasteiger partial charge in [0.2, 0.25) is 0 Å². The zero-order chi connectivity index (χ0) is 14.7. The first kappa shape index (κ1) is 18.8. The average molecular weight is 273 g/mol. The lowest BCUT2D eigenvalue weighted by Gasteiger charge is -2.32. The summed E-state index contributed by atoms with van der Waals surface area (Å²) in [7, 11) is 6.43. The van der Waals surface area contributed by atoms with Crippen molar-refractivity contribution in [2.24, 2.45) is 0 Å². The first-order chi connectivity index (χ1) is 8.99. The normalized spacial score (nSPS) is 15.2. The summed E-state index contributed by atoms with van der Waals surface area (Å²) in [4.78, 5) is 4.63. The minimum absolute atomic E-state index is 0.0702. The van der Waals surface area contributed by atoms with Gasteiger partial charge in [-0.15, -0.1) is 0 Å². The van der Waals surface area contributed by atoms with Crippen LogP contribution in [0.2, 0.25) is 0 Å². The first-order valence-electron chi connectivity index (χ1n) is 7.68. The maximum absolute atomic E-state index is 9.59. The van der Waals surface area contributed by atoms with Crippen molar-refractivity contribution in [1.29, 1.82) is 0 Å². The molecule has 0 saturated heterocycles. The number of hydrogen-bond acceptors (Lipinski definition) is 4. The van der Waals surface area contributed by atoms with Crippen molar-refractivity contribution >= 4 is 0 Å². The minimum atomic E-state index is -0.0702. The fraction of sp³-hybridized carbons (Fsp3) is 1.00. The molecule has 0 aliphatic carbocycles. The molecular weight excluding hydrogens is 238 g/mol. The smallest absolute Gasteiger partial charge is 0.0613 e. The van der Waals surface area contributed by atoms with E-state index in [2.05, 4.69) is 50.1 Å². The summed E-state index contributed by atoms with van der Waals surface area (Å²) in [6.07, 6.45) is 4.39. The van der Waals surface area contributed by atoms with E-state index in [4.69, 9.17) is 0 Å². The third kappa shape index (κ3) is 8.58. The molecule has 1 unspecified atom stereocenters. The van der Waals surface area contributed by atoms with Crippen LogP contribution in [-0.4, -0.2) is 74.4 Å². The number of hydrogen-bond donors (Lipinski definition) is 2. The molecule has 0 amide bonds. The second-order valence-corrected chi connectivity index (χ2v) is 5.89. The topological polar surface area (TPSA) is 38.7 Å². The highest BCUT2D eigenvalue weighted by Crippen LogP contribution is 2.17. The molecule has 0 rings (SSSR count). The van der Waals surface area contributed by atoms with E-state index in [0.29, 0.717) is 0 Å². The van der Waals surface area contributed by atoms with Crippen LogP contribution in [0.3, 0.4) is 0 Å². The van der Waals surface area contributed by atoms with E-state index in [1.54, 1.807) is 0 Å². The van der Waals surface area contributed by atoms with Gasteiger partial charge in [-0.25, -0.2) is 0 Å². The molecule has 0 aromatic rings. The van der Waals surface area contributed by atoms with Gasteiger partial charge in [0.05, 0.1) is 6.61 Å². The van der Waals surface area contributed by atoms with Gasteiger partial charge >= 0.3 is 0 Å². The summed E-state index contributed by atoms with van der Waals surface area (Å²) in [5.74, 6) is 0. The molecule has 2 N–H and O–H groups in total. The Hall–Kier alpha value is -0.160. The molecule has 116 valence electrons. The maximum Gasteiger partial charge on any atom is 0.0613 e. The van der Waals surface area contributed by atoms with Crippen molar-refractivity contribution in [2.75, 3.05) is 53.9 Å². The summed E-state index contributed by atoms with van der Waals surface area (Å²) < 4.78 is 0. The van der Waals surface area contributed by atoms with Crippen LogP contribution >= 0.6 is 0 Å². The molecule has 4 heteroatoms. The molecule has 0 spiro atoms. The summed E-state index contributed by atoms with van der Waals surface area (Å²) >= 11 is 0. The van der Waals surface area contributed by atoms with Crippen LogP contribution in [0.4, 0.5) is 0 Å². The quantitative estimate of drug-likeness (QED) is 0.564. The Bertz CT molecular complexity index is 206. The number of nitrogens with one attached hydrogen (secondary N) is 1. The van der Waals surface area contributed by atoms with Crippen molar-refractivity contribution in [2.45, 2.75) is 45.1 Å². The molecule has 0 fully saturated rings. The molecule has 0 aliphatic rings. The standard InChI is InChI=1S/C15H35N3O/c1-6-15(14-19,16-7-2)10-8-12-18(5)13-9-11-17(3)4/h16,19H,6-14H2,1-5H3. The Balaban J connectivity index is 3.85. The van der Waals surface area contributed by atoms with Gasteiger partial charge in [0, 0.05) is 5.54 Å². The highest BCUT2D eigenvalue weighted by Gasteiger charge is 2.25. The molecule has 4 nitrogen and oxygen atoms in total. The van der Waals surface area contributed by atoms with E-state index < -0.39 is 0 Å². The van der Waals surface area contributed by atoms with Crippen LogP contribution in [0.25, 0.3) is 0 Å². The summed E-state index contributed by atoms with van der Waals surface area (Å²) in [6.45, 7) is 8.83. The van der Waals surface area contributed by atoms with Crippen molar-refractivity contribution in [3.05, 3.63) is 0 Å². The number of nitrogens with zero attached hydrogens (tertiary/aromatic N) is 2. The fourth-order valence-electron chi connectivity index (χ4n) is 2.47. The van der Waals surface area contributed by atoms with Gasteiger partial charge in [-0.3, -0.25) is 0 Å². The van der Waals surface area contributed by atoms with Crippen LogP contribution in [0.1, 0.15) is 39.5 Å². The predicted molar refractivity (Wildman–Crippen MR) is 83.7 cm³/mol. The number of aliphatic hydroxyl groups excluding tert-OH is 1. The SMILES string of the molecule is CCNC(CC)(CO)CCCN(C)CCCN(C)C. The Morgan fingerprint density at radius 2 is 1.63 bits per heavy atom. The largest absolute Gasteiger partial charge is 0.394 e. The molecule has 0 saturated carbocycles. The van der Waals surface area contributed by atoms with E-state index >= 15 is 0 Å². The van der Waals surface area contributed by atoms with E-state index in [1.165, 1.54) is 6.42 Å². The van der Waals surface area contributed by atoms with Gasteiger partial charge < -0.3 is 20.2 Å². The van der Waals surface area contributed by atoms with Crippen LogP contribution in [0.5, 0.6) is 0 Å². The van der Waals surface area contributed by atoms with Crippen LogP contribution in [0.15, 0.2) is 0 Å². The monoisotopic (exact) mass is 273 g/mol. The van der Waals surface area contributed by atoms with Gasteiger partial charge in [-0.1, -0.05) is 13.8 Å². The minimum Gasteiger partial charge on any atom is -0.394 e. The molecule has 0 aliphatic heterocycles. The van der Waals surface area contributed by atoms with Gasteiger partial charge in [0.25, 0.3) is 0 Å². The Morgan fingerprint density at radius 3 is 2.11 bits per heavy atom. The van der Waals surface area contributed by atoms with E-state index in [-0.39, 0.29) is 12.1 Å². The molecule has 0 heterocycles. The van der Waals surface area contributed by atoms with Gasteiger partial charge in [0.1, 0.15) is 0 Å². The summed E-state index contributed by atoms with van der Waals surface area (Å²) in [6, 6.07) is 0. The van der Waals surface area contributed by atoms with Crippen LogP contribution in [-0.2, 0) is 0 Å². The lowest BCUT2D eigenvalue weighted by atomic mass is 9.91. The van der Waals surface area contributed by atoms with Crippen LogP contribution < -0.4 is 5.32 Å². The van der Waals surface area contributed by atoms with E-state index in [0.717, 1.165) is 45.4 Å². The number of likely N-dealkylation sites (N-methyl/N-ethyl adjacent to an activating group) is 1. The molecule has 19 heavy (non-hydrogen) atoms. The van der Waals surface area contributed by atoms with Gasteiger partial charge in [0.15, 0.2) is 0 Å². The lowest BCUT2D eigenvalue weighted by molar-refractivity contribution is 0.141. The van der Waals surface area contributed by atoms with Crippen molar-refractivity contribution in [3.8, 4) is 0 Å². The highest BCUT2D eigenvalue weighted by molar-refractivity contribution is 4.85. The number of aliphatic hydroxyl groups is 1. The van der Waals surface area contributed by atoms with Crippen molar-refractivity contribution < 1.29 is 5.11 Å². The number of rotatable bonds is 12. The Labute approximate surface area is 120 Å². The molecule has 1 atom stereocenters. The molecule has 0 aromatic carbocycles. The fourth-order valence-corrected chi connectivity index (χ4v) is 2.47. The molecule has 0 bridgehead atoms. The maximum atomic E-state index is 9.59. The van der Waals surface area contributed by atoms with Crippen molar-refractivity contribution in [1.82, 2.24) is 15.1 Å². The Kier molecular flexibility index (Phi) is 10.5. The predicted octanol–water partition coefficient (Wildman–Crippen LogP) is 1.40. The van der Waals surface area contributed by atoms with Crippen molar-refractivity contribution in [3.63, 3.8) is 0 Å². The zero-order valence-electron chi connectivity index (χ0n) is 13.7. The zero-order valence-corrected chi connectivity index (χ0v) is 13.7. The molecule has 0 aromatic heterocycles. The second kappa shape index (κ2) is 10.6. The third-order valence-corrected chi connectivity index (χ3v) is 3.87. The van der Waals surface area contributed by atoms with E-state index in [9.17, 15) is 5.11 Å². The van der Waals surface area contributed by atoms with Gasteiger partial charge in [-0.2, -0.15) is 0 Å². The first-order valence-corrected chi connectivity index (χ1v) is 7.68. The summed E-state index contributed by atoms with van der Waals surface area (Å²) in [5, 5.41) is 13.0. The summed E-state index contributed by atoms with van der Waals surface area (Å²) in [5.41, 5.74) is -0.0702. The second-order valence-electron chi connectivity index (χ2n) is 5.89. The molecular formula is C15H35N3O. The molecule has 0 radical (unpaired) electrons.